The minimum atomic E-state index is -0.301. The molecule has 0 radical (unpaired) electrons. The van der Waals surface area contributed by atoms with E-state index in [1.807, 2.05) is 0 Å². The fourth-order valence-electron chi connectivity index (χ4n) is 1.43. The Morgan fingerprint density at radius 2 is 2.18 bits per heavy atom. The van der Waals surface area contributed by atoms with E-state index >= 15 is 0 Å². The molecule has 1 amide bonds. The fraction of sp³-hybridized carbons (Fsp3) is 0.0833. The maximum absolute atomic E-state index is 12.0. The van der Waals surface area contributed by atoms with Crippen LogP contribution < -0.4 is 10.5 Å². The van der Waals surface area contributed by atoms with Crippen molar-refractivity contribution in [1.29, 1.82) is 0 Å². The summed E-state index contributed by atoms with van der Waals surface area (Å²) in [6, 6.07) is 8.12. The van der Waals surface area contributed by atoms with Crippen molar-refractivity contribution in [2.24, 2.45) is 0 Å². The van der Waals surface area contributed by atoms with Crippen LogP contribution in [0.25, 0.3) is 0 Å². The lowest BCUT2D eigenvalue weighted by atomic mass is 10.2. The number of hydrogen-bond donors (Lipinski definition) is 1. The van der Waals surface area contributed by atoms with E-state index in [0.29, 0.717) is 11.4 Å². The Morgan fingerprint density at radius 1 is 1.35 bits per heavy atom. The molecule has 0 atom stereocenters. The van der Waals surface area contributed by atoms with Crippen molar-refractivity contribution in [3.63, 3.8) is 0 Å². The molecule has 0 bridgehead atoms. The van der Waals surface area contributed by atoms with Gasteiger partial charge in [0.2, 0.25) is 5.56 Å². The van der Waals surface area contributed by atoms with Crippen LogP contribution in [0.2, 0.25) is 0 Å². The molecule has 2 rings (SSSR count). The molecule has 0 fully saturated rings. The molecule has 0 aliphatic rings. The number of aromatic amines is 1. The van der Waals surface area contributed by atoms with Crippen molar-refractivity contribution >= 4 is 11.7 Å². The van der Waals surface area contributed by atoms with E-state index < -0.39 is 0 Å². The second-order valence-electron chi connectivity index (χ2n) is 3.49. The van der Waals surface area contributed by atoms with Crippen LogP contribution in [0.1, 0.15) is 10.4 Å². The molecule has 0 aromatic carbocycles. The van der Waals surface area contributed by atoms with Crippen LogP contribution >= 0.6 is 0 Å². The number of nitrogens with zero attached hydrogens (tertiary/aromatic N) is 2. The number of carbonyl (C=O) groups excluding carboxylic acids is 1. The van der Waals surface area contributed by atoms with E-state index in [9.17, 15) is 9.59 Å². The van der Waals surface area contributed by atoms with Gasteiger partial charge < -0.3 is 4.98 Å². The molecule has 0 aliphatic carbocycles. The van der Waals surface area contributed by atoms with Crippen LogP contribution in [0, 0.1) is 0 Å². The third-order valence-electron chi connectivity index (χ3n) is 2.32. The van der Waals surface area contributed by atoms with Crippen molar-refractivity contribution in [2.75, 3.05) is 11.9 Å². The van der Waals surface area contributed by atoms with Crippen molar-refractivity contribution < 1.29 is 4.79 Å². The summed E-state index contributed by atoms with van der Waals surface area (Å²) >= 11 is 0. The average Bonchev–Trinajstić information content (AvgIpc) is 2.38. The summed E-state index contributed by atoms with van der Waals surface area (Å²) < 4.78 is 0. The first-order valence-electron chi connectivity index (χ1n) is 5.06. The number of carbonyl (C=O) groups is 1. The molecule has 0 aliphatic heterocycles. The fourth-order valence-corrected chi connectivity index (χ4v) is 1.43. The van der Waals surface area contributed by atoms with Gasteiger partial charge in [0.15, 0.2) is 0 Å². The van der Waals surface area contributed by atoms with E-state index in [4.69, 9.17) is 0 Å². The molecule has 2 aromatic rings. The van der Waals surface area contributed by atoms with Gasteiger partial charge in [0.25, 0.3) is 5.91 Å². The van der Waals surface area contributed by atoms with Gasteiger partial charge in [-0.3, -0.25) is 14.5 Å². The Labute approximate surface area is 97.7 Å². The molecule has 5 heteroatoms. The van der Waals surface area contributed by atoms with E-state index in [2.05, 4.69) is 9.97 Å². The number of pyridine rings is 2. The van der Waals surface area contributed by atoms with Gasteiger partial charge in [-0.25, -0.2) is 4.98 Å². The lowest BCUT2D eigenvalue weighted by molar-refractivity contribution is 0.0992. The lowest BCUT2D eigenvalue weighted by Crippen LogP contribution is -2.28. The van der Waals surface area contributed by atoms with Gasteiger partial charge in [-0.05, 0) is 18.2 Å². The zero-order valence-corrected chi connectivity index (χ0v) is 9.25. The Hall–Kier alpha value is -2.43. The van der Waals surface area contributed by atoms with Crippen LogP contribution in [-0.4, -0.2) is 22.9 Å². The van der Waals surface area contributed by atoms with Crippen LogP contribution in [0.5, 0.6) is 0 Å². The van der Waals surface area contributed by atoms with Gasteiger partial charge >= 0.3 is 0 Å². The van der Waals surface area contributed by atoms with E-state index in [0.717, 1.165) is 0 Å². The number of nitrogens with one attached hydrogen (secondary N) is 1. The first-order valence-corrected chi connectivity index (χ1v) is 5.06. The predicted molar refractivity (Wildman–Crippen MR) is 64.0 cm³/mol. The number of hydrogen-bond acceptors (Lipinski definition) is 3. The molecule has 2 heterocycles. The number of anilines is 1. The van der Waals surface area contributed by atoms with Crippen LogP contribution in [0.4, 0.5) is 5.82 Å². The van der Waals surface area contributed by atoms with E-state index in [1.54, 1.807) is 37.5 Å². The number of rotatable bonds is 2. The summed E-state index contributed by atoms with van der Waals surface area (Å²) in [5, 5.41) is 0. The standard InChI is InChI=1S/C12H11N3O2/c1-15(10-4-2-3-6-13-10)12(17)9-5-7-14-11(16)8-9/h2-8H,1H3,(H,14,16). The highest BCUT2D eigenvalue weighted by molar-refractivity contribution is 6.05. The van der Waals surface area contributed by atoms with Crippen LogP contribution in [0.3, 0.4) is 0 Å². The molecule has 2 aromatic heterocycles. The second-order valence-corrected chi connectivity index (χ2v) is 3.49. The van der Waals surface area contributed by atoms with Gasteiger partial charge in [-0.2, -0.15) is 0 Å². The first-order chi connectivity index (χ1) is 8.18. The zero-order chi connectivity index (χ0) is 12.3. The van der Waals surface area contributed by atoms with Gasteiger partial charge in [0, 0.05) is 31.1 Å². The molecule has 86 valence electrons. The predicted octanol–water partition coefficient (Wildman–Crippen LogP) is 1.05. The Balaban J connectivity index is 2.30. The smallest absolute Gasteiger partial charge is 0.259 e. The first kappa shape index (κ1) is 11.1. The number of aromatic nitrogens is 2. The Kier molecular flexibility index (Phi) is 3.00. The van der Waals surface area contributed by atoms with Crippen LogP contribution in [-0.2, 0) is 0 Å². The average molecular weight is 229 g/mol. The summed E-state index contributed by atoms with van der Waals surface area (Å²) in [4.78, 5) is 31.1. The summed E-state index contributed by atoms with van der Waals surface area (Å²) in [6.45, 7) is 0. The number of amides is 1. The zero-order valence-electron chi connectivity index (χ0n) is 9.25. The van der Waals surface area contributed by atoms with E-state index in [-0.39, 0.29) is 11.5 Å². The lowest BCUT2D eigenvalue weighted by Gasteiger charge is -2.15. The van der Waals surface area contributed by atoms with Crippen molar-refractivity contribution in [1.82, 2.24) is 9.97 Å². The van der Waals surface area contributed by atoms with Crippen molar-refractivity contribution in [3.8, 4) is 0 Å². The molecule has 0 saturated carbocycles. The third-order valence-corrected chi connectivity index (χ3v) is 2.32. The SMILES string of the molecule is CN(C(=O)c1cc[nH]c(=O)c1)c1ccccn1. The van der Waals surface area contributed by atoms with Gasteiger partial charge in [0.05, 0.1) is 0 Å². The molecular formula is C12H11N3O2. The van der Waals surface area contributed by atoms with Crippen molar-refractivity contribution in [3.05, 3.63) is 58.6 Å². The topological polar surface area (TPSA) is 66.1 Å². The molecule has 1 N–H and O–H groups in total. The highest BCUT2D eigenvalue weighted by Gasteiger charge is 2.14. The molecule has 17 heavy (non-hydrogen) atoms. The van der Waals surface area contributed by atoms with E-state index in [1.165, 1.54) is 17.2 Å². The summed E-state index contributed by atoms with van der Waals surface area (Å²) in [6.07, 6.45) is 3.05. The van der Waals surface area contributed by atoms with Gasteiger partial charge in [-0.1, -0.05) is 6.07 Å². The molecule has 5 nitrogen and oxygen atoms in total. The summed E-state index contributed by atoms with van der Waals surface area (Å²) in [5.74, 6) is 0.271. The molecule has 0 saturated heterocycles. The third kappa shape index (κ3) is 2.39. The highest BCUT2D eigenvalue weighted by Crippen LogP contribution is 2.10. The van der Waals surface area contributed by atoms with Gasteiger partial charge in [0.1, 0.15) is 5.82 Å². The normalized spacial score (nSPS) is 9.94. The number of H-pyrrole nitrogens is 1. The molecule has 0 spiro atoms. The Morgan fingerprint density at radius 3 is 2.82 bits per heavy atom. The van der Waals surface area contributed by atoms with Crippen LogP contribution in [0.15, 0.2) is 47.5 Å². The van der Waals surface area contributed by atoms with Gasteiger partial charge in [-0.15, -0.1) is 0 Å². The quantitative estimate of drug-likeness (QED) is 0.836. The largest absolute Gasteiger partial charge is 0.329 e. The minimum Gasteiger partial charge on any atom is -0.329 e. The maximum Gasteiger partial charge on any atom is 0.259 e. The second kappa shape index (κ2) is 4.61. The summed E-state index contributed by atoms with van der Waals surface area (Å²) in [5.41, 5.74) is 0.0344. The monoisotopic (exact) mass is 229 g/mol. The highest BCUT2D eigenvalue weighted by atomic mass is 16.2. The van der Waals surface area contributed by atoms with Crippen molar-refractivity contribution in [2.45, 2.75) is 0 Å². The maximum atomic E-state index is 12.0. The molecular weight excluding hydrogens is 218 g/mol. The molecule has 0 unspecified atom stereocenters. The minimum absolute atomic E-state index is 0.269. The summed E-state index contributed by atoms with van der Waals surface area (Å²) in [7, 11) is 1.62. The Bertz CT molecular complexity index is 578.